The number of carbonyl (C=O) groups is 1. The summed E-state index contributed by atoms with van der Waals surface area (Å²) in [5.74, 6) is -0.0545. The maximum absolute atomic E-state index is 12.7. The van der Waals surface area contributed by atoms with Crippen molar-refractivity contribution in [2.24, 2.45) is 5.73 Å². The highest BCUT2D eigenvalue weighted by Crippen LogP contribution is 2.27. The zero-order valence-corrected chi connectivity index (χ0v) is 16.9. The maximum Gasteiger partial charge on any atom is 0.239 e. The summed E-state index contributed by atoms with van der Waals surface area (Å²) < 4.78 is 2.00. The second kappa shape index (κ2) is 8.14. The molecule has 0 spiro atoms. The molecule has 1 amide bonds. The molecule has 1 atom stereocenters. The number of hydrogen-bond acceptors (Lipinski definition) is 4. The first-order chi connectivity index (χ1) is 13.9. The van der Waals surface area contributed by atoms with Crippen molar-refractivity contribution in [2.45, 2.75) is 37.5 Å². The maximum atomic E-state index is 12.7. The number of carbonyl (C=O) groups excluding carboxylic acids is 1. The molecule has 7 heteroatoms. The van der Waals surface area contributed by atoms with Crippen molar-refractivity contribution in [3.8, 4) is 0 Å². The van der Waals surface area contributed by atoms with Gasteiger partial charge in [0, 0.05) is 19.3 Å². The zero-order valence-electron chi connectivity index (χ0n) is 16.2. The Balaban J connectivity index is 1.37. The number of aromatic nitrogens is 2. The van der Waals surface area contributed by atoms with Crippen molar-refractivity contribution in [1.29, 1.82) is 0 Å². The highest BCUT2D eigenvalue weighted by Gasteiger charge is 2.35. The molecule has 0 radical (unpaired) electrons. The summed E-state index contributed by atoms with van der Waals surface area (Å²) in [7, 11) is 0. The molecule has 0 unspecified atom stereocenters. The van der Waals surface area contributed by atoms with E-state index in [1.54, 1.807) is 11.0 Å². The summed E-state index contributed by atoms with van der Waals surface area (Å²) in [6.45, 7) is 1.46. The van der Waals surface area contributed by atoms with Crippen molar-refractivity contribution in [1.82, 2.24) is 14.5 Å². The van der Waals surface area contributed by atoms with Gasteiger partial charge in [0.1, 0.15) is 5.15 Å². The second-order valence-electron chi connectivity index (χ2n) is 7.83. The first kappa shape index (κ1) is 19.9. The first-order valence-electron chi connectivity index (χ1n) is 9.86. The van der Waals surface area contributed by atoms with Crippen molar-refractivity contribution in [3.05, 3.63) is 65.4 Å². The lowest BCUT2D eigenvalue weighted by Gasteiger charge is -2.39. The largest absolute Gasteiger partial charge is 0.388 e. The van der Waals surface area contributed by atoms with Gasteiger partial charge in [-0.2, -0.15) is 0 Å². The van der Waals surface area contributed by atoms with E-state index in [1.807, 2.05) is 53.2 Å². The van der Waals surface area contributed by atoms with E-state index in [9.17, 15) is 9.90 Å². The number of fused-ring (bicyclic) bond motifs is 1. The molecule has 3 aromatic rings. The Morgan fingerprint density at radius 3 is 2.62 bits per heavy atom. The van der Waals surface area contributed by atoms with Crippen LogP contribution in [0.5, 0.6) is 0 Å². The van der Waals surface area contributed by atoms with Gasteiger partial charge in [0.15, 0.2) is 0 Å². The van der Waals surface area contributed by atoms with Crippen LogP contribution in [0.25, 0.3) is 11.0 Å². The molecule has 1 aromatic carbocycles. The van der Waals surface area contributed by atoms with Crippen molar-refractivity contribution < 1.29 is 9.90 Å². The van der Waals surface area contributed by atoms with Crippen LogP contribution in [-0.2, 0) is 17.8 Å². The van der Waals surface area contributed by atoms with E-state index in [0.717, 1.165) is 16.6 Å². The van der Waals surface area contributed by atoms with Crippen LogP contribution in [0, 0.1) is 0 Å². The molecule has 0 bridgehead atoms. The van der Waals surface area contributed by atoms with Crippen LogP contribution in [0.2, 0.25) is 5.15 Å². The molecule has 0 aliphatic carbocycles. The number of piperidine rings is 1. The fourth-order valence-electron chi connectivity index (χ4n) is 4.00. The van der Waals surface area contributed by atoms with Gasteiger partial charge in [-0.1, -0.05) is 41.9 Å². The third kappa shape index (κ3) is 4.45. The molecule has 6 nitrogen and oxygen atoms in total. The fraction of sp³-hybridized carbons (Fsp3) is 0.364. The Morgan fingerprint density at radius 2 is 1.90 bits per heavy atom. The smallest absolute Gasteiger partial charge is 0.239 e. The Hall–Kier alpha value is -2.41. The minimum absolute atomic E-state index is 0.0545. The van der Waals surface area contributed by atoms with Crippen molar-refractivity contribution in [3.63, 3.8) is 0 Å². The van der Waals surface area contributed by atoms with Crippen molar-refractivity contribution in [2.75, 3.05) is 13.1 Å². The Labute approximate surface area is 174 Å². The van der Waals surface area contributed by atoms with Crippen LogP contribution >= 0.6 is 11.6 Å². The van der Waals surface area contributed by atoms with E-state index in [2.05, 4.69) is 4.98 Å². The number of halogens is 1. The lowest BCUT2D eigenvalue weighted by molar-refractivity contribution is -0.137. The van der Waals surface area contributed by atoms with E-state index in [0.29, 0.717) is 44.0 Å². The van der Waals surface area contributed by atoms with Crippen LogP contribution in [0.1, 0.15) is 18.4 Å². The van der Waals surface area contributed by atoms with Crippen LogP contribution < -0.4 is 5.73 Å². The summed E-state index contributed by atoms with van der Waals surface area (Å²) in [6.07, 6.45) is 3.46. The number of amides is 1. The molecule has 152 valence electrons. The van der Waals surface area contributed by atoms with Gasteiger partial charge in [-0.15, -0.1) is 0 Å². The normalized spacial score (nSPS) is 17.4. The summed E-state index contributed by atoms with van der Waals surface area (Å²) in [6, 6.07) is 14.8. The number of aliphatic hydroxyl groups is 1. The Morgan fingerprint density at radius 1 is 1.17 bits per heavy atom. The van der Waals surface area contributed by atoms with E-state index >= 15 is 0 Å². The van der Waals surface area contributed by atoms with Gasteiger partial charge >= 0.3 is 0 Å². The van der Waals surface area contributed by atoms with Crippen LogP contribution in [0.3, 0.4) is 0 Å². The third-order valence-electron chi connectivity index (χ3n) is 5.68. The van der Waals surface area contributed by atoms with Gasteiger partial charge in [0.25, 0.3) is 0 Å². The van der Waals surface area contributed by atoms with Crippen LogP contribution in [0.4, 0.5) is 0 Å². The molecule has 1 fully saturated rings. The minimum Gasteiger partial charge on any atom is -0.388 e. The standard InChI is InChI=1S/C22H25ClN4O2/c23-20-7-6-19-18(25-20)8-11-27(19)15-22(29)9-12-26(13-10-22)21(28)17(24)14-16-4-2-1-3-5-16/h1-8,11,17,29H,9-10,12-15,24H2/t17-/m1/s1. The minimum atomic E-state index is -0.869. The molecule has 3 N–H and O–H groups in total. The van der Waals surface area contributed by atoms with Gasteiger partial charge in [0.2, 0.25) is 5.91 Å². The molecule has 0 saturated carbocycles. The van der Waals surface area contributed by atoms with Gasteiger partial charge < -0.3 is 20.3 Å². The lowest BCUT2D eigenvalue weighted by atomic mass is 9.90. The Kier molecular flexibility index (Phi) is 5.58. The summed E-state index contributed by atoms with van der Waals surface area (Å²) in [5.41, 5.74) is 8.08. The second-order valence-corrected chi connectivity index (χ2v) is 8.22. The lowest BCUT2D eigenvalue weighted by Crippen LogP contribution is -2.53. The predicted octanol–water partition coefficient (Wildman–Crippen LogP) is 2.61. The highest BCUT2D eigenvalue weighted by atomic mass is 35.5. The topological polar surface area (TPSA) is 84.4 Å². The molecular formula is C22H25ClN4O2. The van der Waals surface area contributed by atoms with Gasteiger partial charge in [-0.25, -0.2) is 4.98 Å². The summed E-state index contributed by atoms with van der Waals surface area (Å²) in [4.78, 5) is 18.8. The third-order valence-corrected chi connectivity index (χ3v) is 5.89. The molecule has 4 rings (SSSR count). The molecular weight excluding hydrogens is 388 g/mol. The van der Waals surface area contributed by atoms with E-state index in [1.165, 1.54) is 0 Å². The average molecular weight is 413 g/mol. The average Bonchev–Trinajstić information content (AvgIpc) is 3.10. The monoisotopic (exact) mass is 412 g/mol. The molecule has 3 heterocycles. The van der Waals surface area contributed by atoms with Crippen LogP contribution in [0.15, 0.2) is 54.7 Å². The van der Waals surface area contributed by atoms with E-state index < -0.39 is 11.6 Å². The molecule has 1 aliphatic rings. The Bertz CT molecular complexity index is 996. The predicted molar refractivity (Wildman–Crippen MR) is 114 cm³/mol. The van der Waals surface area contributed by atoms with Gasteiger partial charge in [-0.3, -0.25) is 4.79 Å². The quantitative estimate of drug-likeness (QED) is 0.631. The van der Waals surface area contributed by atoms with E-state index in [-0.39, 0.29) is 5.91 Å². The summed E-state index contributed by atoms with van der Waals surface area (Å²) in [5, 5.41) is 11.5. The zero-order chi connectivity index (χ0) is 20.4. The van der Waals surface area contributed by atoms with Crippen LogP contribution in [-0.4, -0.2) is 50.2 Å². The van der Waals surface area contributed by atoms with Gasteiger partial charge in [-0.05, 0) is 43.0 Å². The number of rotatable bonds is 5. The van der Waals surface area contributed by atoms with Gasteiger partial charge in [0.05, 0.1) is 29.2 Å². The molecule has 1 aliphatic heterocycles. The number of likely N-dealkylation sites (tertiary alicyclic amines) is 1. The highest BCUT2D eigenvalue weighted by molar-refractivity contribution is 6.29. The number of nitrogens with two attached hydrogens (primary N) is 1. The number of hydrogen-bond donors (Lipinski definition) is 2. The first-order valence-corrected chi connectivity index (χ1v) is 10.2. The van der Waals surface area contributed by atoms with Crippen molar-refractivity contribution >= 4 is 28.5 Å². The fourth-order valence-corrected chi connectivity index (χ4v) is 4.15. The molecule has 1 saturated heterocycles. The number of nitrogens with zero attached hydrogens (tertiary/aromatic N) is 3. The molecule has 2 aromatic heterocycles. The van der Waals surface area contributed by atoms with E-state index in [4.69, 9.17) is 17.3 Å². The molecule has 29 heavy (non-hydrogen) atoms. The SMILES string of the molecule is N[C@H](Cc1ccccc1)C(=O)N1CCC(O)(Cn2ccc3nc(Cl)ccc32)CC1. The summed E-state index contributed by atoms with van der Waals surface area (Å²) >= 11 is 5.95. The number of benzene rings is 1. The number of pyridine rings is 1.